The molecule has 110 valence electrons. The Morgan fingerprint density at radius 2 is 2.15 bits per heavy atom. The van der Waals surface area contributed by atoms with Gasteiger partial charge in [-0.2, -0.15) is 8.78 Å². The van der Waals surface area contributed by atoms with Crippen LogP contribution < -0.4 is 15.4 Å². The lowest BCUT2D eigenvalue weighted by Crippen LogP contribution is -2.38. The number of ether oxygens (including phenoxy) is 1. The van der Waals surface area contributed by atoms with Crippen LogP contribution in [-0.2, 0) is 11.3 Å². The van der Waals surface area contributed by atoms with Crippen LogP contribution in [0.15, 0.2) is 18.2 Å². The van der Waals surface area contributed by atoms with Crippen LogP contribution in [0.25, 0.3) is 0 Å². The van der Waals surface area contributed by atoms with E-state index in [9.17, 15) is 22.4 Å². The molecule has 20 heavy (non-hydrogen) atoms. The zero-order valence-electron chi connectivity index (χ0n) is 10.3. The molecule has 0 spiro atoms. The first-order chi connectivity index (χ1) is 9.38. The third-order valence-electron chi connectivity index (χ3n) is 2.69. The number of hydrogen-bond acceptors (Lipinski definition) is 3. The summed E-state index contributed by atoms with van der Waals surface area (Å²) in [5.41, 5.74) is 1.00. The maximum Gasteiger partial charge on any atom is 0.319 e. The first-order valence-electron chi connectivity index (χ1n) is 5.81. The Labute approximate surface area is 112 Å². The molecule has 1 heterocycles. The van der Waals surface area contributed by atoms with Gasteiger partial charge in [0.05, 0.1) is 12.2 Å². The van der Waals surface area contributed by atoms with Gasteiger partial charge in [0, 0.05) is 6.54 Å². The van der Waals surface area contributed by atoms with E-state index in [4.69, 9.17) is 4.74 Å². The van der Waals surface area contributed by atoms with E-state index in [1.165, 1.54) is 0 Å². The van der Waals surface area contributed by atoms with Gasteiger partial charge < -0.3 is 15.4 Å². The Morgan fingerprint density at radius 3 is 2.85 bits per heavy atom. The molecule has 0 saturated carbocycles. The largest absolute Gasteiger partial charge is 0.482 e. The van der Waals surface area contributed by atoms with Crippen LogP contribution in [0.5, 0.6) is 5.75 Å². The van der Waals surface area contributed by atoms with Gasteiger partial charge in [0.1, 0.15) is 5.75 Å². The summed E-state index contributed by atoms with van der Waals surface area (Å²) in [4.78, 5) is 11.1. The van der Waals surface area contributed by atoms with Crippen molar-refractivity contribution in [2.45, 2.75) is 18.9 Å². The number of anilines is 1. The fourth-order valence-electron chi connectivity index (χ4n) is 1.69. The van der Waals surface area contributed by atoms with E-state index in [2.05, 4.69) is 10.6 Å². The average Bonchev–Trinajstić information content (AvgIpc) is 2.37. The van der Waals surface area contributed by atoms with E-state index in [1.807, 2.05) is 0 Å². The molecule has 8 heteroatoms. The molecule has 1 aliphatic heterocycles. The van der Waals surface area contributed by atoms with Gasteiger partial charge in [-0.3, -0.25) is 4.79 Å². The zero-order valence-corrected chi connectivity index (χ0v) is 10.3. The Bertz CT molecular complexity index is 508. The highest BCUT2D eigenvalue weighted by Gasteiger charge is 2.39. The van der Waals surface area contributed by atoms with Crippen molar-refractivity contribution < 1.29 is 27.1 Å². The van der Waals surface area contributed by atoms with Crippen molar-refractivity contribution in [3.8, 4) is 5.75 Å². The van der Waals surface area contributed by atoms with Crippen LogP contribution in [0.1, 0.15) is 5.56 Å². The third kappa shape index (κ3) is 3.38. The Morgan fingerprint density at radius 1 is 1.40 bits per heavy atom. The van der Waals surface area contributed by atoms with E-state index >= 15 is 0 Å². The number of carbonyl (C=O) groups excluding carboxylic acids is 1. The van der Waals surface area contributed by atoms with Gasteiger partial charge in [-0.1, -0.05) is 6.07 Å². The van der Waals surface area contributed by atoms with Crippen LogP contribution in [0.3, 0.4) is 0 Å². The highest BCUT2D eigenvalue weighted by molar-refractivity contribution is 5.95. The summed E-state index contributed by atoms with van der Waals surface area (Å²) in [5, 5.41) is 4.82. The van der Waals surface area contributed by atoms with Gasteiger partial charge in [0.15, 0.2) is 6.61 Å². The smallest absolute Gasteiger partial charge is 0.319 e. The summed E-state index contributed by atoms with van der Waals surface area (Å²) in [5.74, 6) is -3.90. The molecule has 0 unspecified atom stereocenters. The van der Waals surface area contributed by atoms with Crippen LogP contribution in [-0.4, -0.2) is 31.4 Å². The number of nitrogens with one attached hydrogen (secondary N) is 2. The Kier molecular flexibility index (Phi) is 4.12. The van der Waals surface area contributed by atoms with Gasteiger partial charge in [0.25, 0.3) is 5.91 Å². The predicted octanol–water partition coefficient (Wildman–Crippen LogP) is 2.01. The van der Waals surface area contributed by atoms with E-state index in [1.54, 1.807) is 18.2 Å². The second kappa shape index (κ2) is 5.66. The minimum atomic E-state index is -4.06. The van der Waals surface area contributed by atoms with Crippen molar-refractivity contribution in [2.75, 3.05) is 18.5 Å². The molecule has 0 bridgehead atoms. The maximum atomic E-state index is 12.7. The lowest BCUT2D eigenvalue weighted by Gasteiger charge is -2.19. The molecule has 1 aliphatic rings. The average molecular weight is 292 g/mol. The lowest BCUT2D eigenvalue weighted by atomic mass is 10.1. The number of fused-ring (bicyclic) bond motifs is 1. The fraction of sp³-hybridized carbons (Fsp3) is 0.417. The maximum absolute atomic E-state index is 12.7. The van der Waals surface area contributed by atoms with Crippen molar-refractivity contribution in [1.82, 2.24) is 5.32 Å². The van der Waals surface area contributed by atoms with Crippen molar-refractivity contribution in [3.63, 3.8) is 0 Å². The molecule has 4 nitrogen and oxygen atoms in total. The van der Waals surface area contributed by atoms with E-state index in [-0.39, 0.29) is 19.1 Å². The Hall–Kier alpha value is -1.83. The van der Waals surface area contributed by atoms with Crippen molar-refractivity contribution in [3.05, 3.63) is 23.8 Å². The number of amides is 1. The fourth-order valence-corrected chi connectivity index (χ4v) is 1.69. The van der Waals surface area contributed by atoms with E-state index in [0.717, 1.165) is 0 Å². The zero-order chi connectivity index (χ0) is 14.8. The SMILES string of the molecule is O=C1COc2ccc(CNCC(F)(F)C(F)F)cc2N1. The second-order valence-electron chi connectivity index (χ2n) is 4.33. The standard InChI is InChI=1S/C12H12F4N2O2/c13-11(14)12(15,16)6-17-4-7-1-2-9-8(3-7)18-10(19)5-20-9/h1-3,11,17H,4-6H2,(H,18,19). The molecule has 0 aromatic heterocycles. The van der Waals surface area contributed by atoms with Crippen molar-refractivity contribution >= 4 is 11.6 Å². The topological polar surface area (TPSA) is 50.4 Å². The molecule has 0 fully saturated rings. The van der Waals surface area contributed by atoms with Crippen LogP contribution in [0.2, 0.25) is 0 Å². The monoisotopic (exact) mass is 292 g/mol. The first kappa shape index (κ1) is 14.6. The number of hydrogen-bond donors (Lipinski definition) is 2. The molecule has 0 atom stereocenters. The highest BCUT2D eigenvalue weighted by Crippen LogP contribution is 2.28. The minimum Gasteiger partial charge on any atom is -0.482 e. The lowest BCUT2D eigenvalue weighted by molar-refractivity contribution is -0.125. The van der Waals surface area contributed by atoms with Gasteiger partial charge >= 0.3 is 12.3 Å². The van der Waals surface area contributed by atoms with Gasteiger partial charge in [-0.05, 0) is 17.7 Å². The molecule has 1 amide bonds. The number of alkyl halides is 4. The molecule has 0 saturated heterocycles. The summed E-state index contributed by atoms with van der Waals surface area (Å²) in [7, 11) is 0. The molecule has 0 radical (unpaired) electrons. The van der Waals surface area contributed by atoms with Crippen molar-refractivity contribution in [2.24, 2.45) is 0 Å². The predicted molar refractivity (Wildman–Crippen MR) is 63.2 cm³/mol. The summed E-state index contributed by atoms with van der Waals surface area (Å²) in [6.07, 6.45) is -3.70. The normalized spacial score (nSPS) is 14.8. The number of rotatable bonds is 5. The molecule has 1 aromatic carbocycles. The van der Waals surface area contributed by atoms with E-state index in [0.29, 0.717) is 17.0 Å². The number of benzene rings is 1. The van der Waals surface area contributed by atoms with Gasteiger partial charge in [-0.25, -0.2) is 8.78 Å². The molecule has 0 aliphatic carbocycles. The molecule has 2 rings (SSSR count). The molecule has 2 N–H and O–H groups in total. The van der Waals surface area contributed by atoms with Gasteiger partial charge in [-0.15, -0.1) is 0 Å². The van der Waals surface area contributed by atoms with E-state index < -0.39 is 18.9 Å². The number of carbonyl (C=O) groups is 1. The van der Waals surface area contributed by atoms with Crippen LogP contribution in [0, 0.1) is 0 Å². The summed E-state index contributed by atoms with van der Waals surface area (Å²) >= 11 is 0. The van der Waals surface area contributed by atoms with Crippen LogP contribution in [0.4, 0.5) is 23.2 Å². The number of halogens is 4. The molecule has 1 aromatic rings. The van der Waals surface area contributed by atoms with Gasteiger partial charge in [0.2, 0.25) is 0 Å². The summed E-state index contributed by atoms with van der Waals surface area (Å²) < 4.78 is 54.4. The quantitative estimate of drug-likeness (QED) is 0.816. The Balaban J connectivity index is 1.94. The first-order valence-corrected chi connectivity index (χ1v) is 5.81. The minimum absolute atomic E-state index is 0.0224. The summed E-state index contributed by atoms with van der Waals surface area (Å²) in [6.45, 7) is -1.22. The van der Waals surface area contributed by atoms with Crippen LogP contribution >= 0.6 is 0 Å². The second-order valence-corrected chi connectivity index (χ2v) is 4.33. The van der Waals surface area contributed by atoms with Crippen molar-refractivity contribution in [1.29, 1.82) is 0 Å². The summed E-state index contributed by atoms with van der Waals surface area (Å²) in [6, 6.07) is 4.72. The molecular weight excluding hydrogens is 280 g/mol. The third-order valence-corrected chi connectivity index (χ3v) is 2.69. The molecular formula is C12H12F4N2O2. The highest BCUT2D eigenvalue weighted by atomic mass is 19.3.